The number of benzene rings is 1. The summed E-state index contributed by atoms with van der Waals surface area (Å²) in [5.74, 6) is 0.0388. The first kappa shape index (κ1) is 17.7. The molecule has 7 heteroatoms. The second-order valence-corrected chi connectivity index (χ2v) is 7.90. The van der Waals surface area contributed by atoms with Crippen molar-refractivity contribution in [1.29, 1.82) is 0 Å². The number of amides is 2. The molecule has 1 saturated heterocycles. The van der Waals surface area contributed by atoms with Crippen molar-refractivity contribution >= 4 is 68.4 Å². The molecule has 4 nitrogen and oxygen atoms in total. The van der Waals surface area contributed by atoms with Gasteiger partial charge in [0, 0.05) is 16.5 Å². The quantitative estimate of drug-likeness (QED) is 0.534. The molecule has 1 aromatic carbocycles. The fraction of sp³-hybridized carbons (Fsp3) is 0.400. The number of anilines is 1. The van der Waals surface area contributed by atoms with Crippen LogP contribution in [0.15, 0.2) is 24.3 Å². The molecule has 22 heavy (non-hydrogen) atoms. The smallest absolute Gasteiger partial charge is 0.241 e. The molecule has 0 aliphatic carbocycles. The molecule has 1 aliphatic heterocycles. The van der Waals surface area contributed by atoms with Gasteiger partial charge in [0.2, 0.25) is 11.8 Å². The lowest BCUT2D eigenvalue weighted by Crippen LogP contribution is -2.32. The third-order valence-electron chi connectivity index (χ3n) is 3.31. The Labute approximate surface area is 153 Å². The van der Waals surface area contributed by atoms with Crippen molar-refractivity contribution in [1.82, 2.24) is 4.90 Å². The monoisotopic (exact) mass is 448 g/mol. The summed E-state index contributed by atoms with van der Waals surface area (Å²) in [7, 11) is 0. The van der Waals surface area contributed by atoms with Crippen LogP contribution in [0.5, 0.6) is 0 Å². The van der Waals surface area contributed by atoms with E-state index in [4.69, 9.17) is 12.2 Å². The number of thiocarbonyl (C=S) groups is 1. The number of hydrogen-bond donors (Lipinski definition) is 1. The van der Waals surface area contributed by atoms with Crippen molar-refractivity contribution in [2.24, 2.45) is 0 Å². The molecular weight excluding hydrogens is 431 g/mol. The van der Waals surface area contributed by atoms with Gasteiger partial charge in [-0.05, 0) is 47.6 Å². The van der Waals surface area contributed by atoms with E-state index in [9.17, 15) is 9.59 Å². The first-order valence-corrected chi connectivity index (χ1v) is 9.46. The molecule has 0 spiro atoms. The molecule has 1 atom stereocenters. The molecule has 1 N–H and O–H groups in total. The van der Waals surface area contributed by atoms with Crippen LogP contribution in [-0.4, -0.2) is 32.8 Å². The maximum atomic E-state index is 12.1. The molecule has 2 rings (SSSR count). The zero-order valence-corrected chi connectivity index (χ0v) is 16.0. The van der Waals surface area contributed by atoms with Crippen molar-refractivity contribution in [3.8, 4) is 0 Å². The minimum atomic E-state index is -0.0489. The molecule has 118 valence electrons. The van der Waals surface area contributed by atoms with Crippen molar-refractivity contribution in [3.63, 3.8) is 0 Å². The van der Waals surface area contributed by atoms with Gasteiger partial charge in [0.25, 0.3) is 0 Å². The Morgan fingerprint density at radius 1 is 1.45 bits per heavy atom. The third-order valence-corrected chi connectivity index (χ3v) is 6.00. The van der Waals surface area contributed by atoms with Gasteiger partial charge >= 0.3 is 0 Å². The molecule has 0 saturated carbocycles. The lowest BCUT2D eigenvalue weighted by atomic mass is 10.2. The molecular formula is C15H17IN2O2S2. The lowest BCUT2D eigenvalue weighted by molar-refractivity contribution is -0.126. The van der Waals surface area contributed by atoms with E-state index >= 15 is 0 Å². The molecule has 0 aromatic heterocycles. The number of hydrogen-bond acceptors (Lipinski definition) is 4. The predicted octanol–water partition coefficient (Wildman–Crippen LogP) is 3.65. The molecule has 1 heterocycles. The first-order chi connectivity index (χ1) is 10.5. The van der Waals surface area contributed by atoms with E-state index in [0.29, 0.717) is 23.7 Å². The van der Waals surface area contributed by atoms with Gasteiger partial charge in [-0.2, -0.15) is 0 Å². The number of halogens is 1. The Morgan fingerprint density at radius 3 is 2.82 bits per heavy atom. The second kappa shape index (κ2) is 8.26. The van der Waals surface area contributed by atoms with Crippen LogP contribution in [0.2, 0.25) is 0 Å². The maximum Gasteiger partial charge on any atom is 0.241 e. The second-order valence-electron chi connectivity index (χ2n) is 4.90. The summed E-state index contributed by atoms with van der Waals surface area (Å²) in [5, 5.41) is 2.84. The van der Waals surface area contributed by atoms with Gasteiger partial charge in [-0.15, -0.1) is 0 Å². The minimum absolute atomic E-state index is 0.0404. The Bertz CT molecular complexity index is 595. The largest absolute Gasteiger partial charge is 0.325 e. The van der Waals surface area contributed by atoms with Gasteiger partial charge < -0.3 is 5.32 Å². The van der Waals surface area contributed by atoms with Gasteiger partial charge in [-0.25, -0.2) is 0 Å². The first-order valence-electron chi connectivity index (χ1n) is 7.09. The number of para-hydroxylation sites is 1. The Balaban J connectivity index is 1.79. The fourth-order valence-electron chi connectivity index (χ4n) is 2.13. The maximum absolute atomic E-state index is 12.1. The van der Waals surface area contributed by atoms with E-state index in [0.717, 1.165) is 15.7 Å². The summed E-state index contributed by atoms with van der Waals surface area (Å²) >= 11 is 8.87. The average Bonchev–Trinajstić information content (AvgIpc) is 2.77. The number of rotatable bonds is 6. The van der Waals surface area contributed by atoms with Crippen molar-refractivity contribution in [2.45, 2.75) is 31.4 Å². The predicted molar refractivity (Wildman–Crippen MR) is 103 cm³/mol. The highest BCUT2D eigenvalue weighted by atomic mass is 127. The SMILES string of the molecule is CCC1SC(=S)N(CCCC(=O)Nc2ccccc2I)C1=O. The number of carbonyl (C=O) groups is 2. The third kappa shape index (κ3) is 4.42. The van der Waals surface area contributed by atoms with Gasteiger partial charge in [0.15, 0.2) is 0 Å². The summed E-state index contributed by atoms with van der Waals surface area (Å²) in [6.07, 6.45) is 1.77. The highest BCUT2D eigenvalue weighted by Gasteiger charge is 2.35. The fourth-order valence-corrected chi connectivity index (χ4v) is 4.13. The molecule has 0 radical (unpaired) electrons. The van der Waals surface area contributed by atoms with Gasteiger partial charge in [0.05, 0.1) is 10.9 Å². The van der Waals surface area contributed by atoms with Crippen molar-refractivity contribution < 1.29 is 9.59 Å². The van der Waals surface area contributed by atoms with Crippen molar-refractivity contribution in [2.75, 3.05) is 11.9 Å². The van der Waals surface area contributed by atoms with Gasteiger partial charge in [-0.1, -0.05) is 43.0 Å². The summed E-state index contributed by atoms with van der Waals surface area (Å²) in [6.45, 7) is 2.50. The minimum Gasteiger partial charge on any atom is -0.325 e. The molecule has 1 aromatic rings. The lowest BCUT2D eigenvalue weighted by Gasteiger charge is -2.15. The zero-order chi connectivity index (χ0) is 16.1. The average molecular weight is 448 g/mol. The molecule has 1 fully saturated rings. The van der Waals surface area contributed by atoms with Crippen molar-refractivity contribution in [3.05, 3.63) is 27.8 Å². The van der Waals surface area contributed by atoms with Crippen LogP contribution in [0.4, 0.5) is 5.69 Å². The number of nitrogens with zero attached hydrogens (tertiary/aromatic N) is 1. The normalized spacial score (nSPS) is 17.9. The summed E-state index contributed by atoms with van der Waals surface area (Å²) < 4.78 is 1.64. The number of thioether (sulfide) groups is 1. The van der Waals surface area contributed by atoms with Gasteiger partial charge in [-0.3, -0.25) is 14.5 Å². The summed E-state index contributed by atoms with van der Waals surface area (Å²) in [5.41, 5.74) is 0.822. The highest BCUT2D eigenvalue weighted by Crippen LogP contribution is 2.29. The zero-order valence-electron chi connectivity index (χ0n) is 12.2. The van der Waals surface area contributed by atoms with Crippen LogP contribution in [0.3, 0.4) is 0 Å². The van der Waals surface area contributed by atoms with Crippen LogP contribution >= 0.6 is 46.6 Å². The Hall–Kier alpha value is -0.670. The van der Waals surface area contributed by atoms with Crippen LogP contribution in [0, 0.1) is 3.57 Å². The Kier molecular flexibility index (Phi) is 6.64. The van der Waals surface area contributed by atoms with Crippen LogP contribution in [0.1, 0.15) is 26.2 Å². The summed E-state index contributed by atoms with van der Waals surface area (Å²) in [4.78, 5) is 25.7. The van der Waals surface area contributed by atoms with Crippen LogP contribution in [-0.2, 0) is 9.59 Å². The molecule has 1 aliphatic rings. The van der Waals surface area contributed by atoms with Crippen LogP contribution < -0.4 is 5.32 Å². The van der Waals surface area contributed by atoms with E-state index in [1.165, 1.54) is 11.8 Å². The van der Waals surface area contributed by atoms with E-state index in [1.54, 1.807) is 4.90 Å². The Morgan fingerprint density at radius 2 is 2.18 bits per heavy atom. The number of nitrogens with one attached hydrogen (secondary N) is 1. The summed E-state index contributed by atoms with van der Waals surface area (Å²) in [6, 6.07) is 7.64. The van der Waals surface area contributed by atoms with E-state index in [2.05, 4.69) is 27.9 Å². The topological polar surface area (TPSA) is 49.4 Å². The molecule has 2 amide bonds. The molecule has 1 unspecified atom stereocenters. The van der Waals surface area contributed by atoms with E-state index in [-0.39, 0.29) is 17.1 Å². The molecule has 0 bridgehead atoms. The highest BCUT2D eigenvalue weighted by molar-refractivity contribution is 14.1. The van der Waals surface area contributed by atoms with Crippen LogP contribution in [0.25, 0.3) is 0 Å². The standard InChI is InChI=1S/C15H17IN2O2S2/c1-2-12-14(20)18(15(21)22-12)9-5-8-13(19)17-11-7-4-3-6-10(11)16/h3-4,6-7,12H,2,5,8-9H2,1H3,(H,17,19). The van der Waals surface area contributed by atoms with E-state index < -0.39 is 0 Å². The number of carbonyl (C=O) groups excluding carboxylic acids is 2. The van der Waals surface area contributed by atoms with Gasteiger partial charge in [0.1, 0.15) is 4.32 Å². The van der Waals surface area contributed by atoms with E-state index in [1.807, 2.05) is 31.2 Å².